The molecule has 0 aromatic rings. The fraction of sp³-hybridized carbons (Fsp3) is 0.889. The second kappa shape index (κ2) is 6.59. The molecule has 1 fully saturated rings. The maximum atomic E-state index is 13.1. The van der Waals surface area contributed by atoms with Crippen LogP contribution in [0.4, 0.5) is 0 Å². The van der Waals surface area contributed by atoms with Gasteiger partial charge in [-0.15, -0.1) is 0 Å². The van der Waals surface area contributed by atoms with Gasteiger partial charge in [0.1, 0.15) is 0 Å². The maximum Gasteiger partial charge on any atom is 0.309 e. The van der Waals surface area contributed by atoms with Gasteiger partial charge in [-0.2, -0.15) is 0 Å². The molecule has 0 radical (unpaired) electrons. The highest BCUT2D eigenvalue weighted by atomic mass is 16.4. The van der Waals surface area contributed by atoms with Crippen molar-refractivity contribution < 1.29 is 14.7 Å². The topological polar surface area (TPSA) is 57.6 Å². The summed E-state index contributed by atoms with van der Waals surface area (Å²) in [6.07, 6.45) is 1.24. The Hall–Kier alpha value is -1.06. The minimum atomic E-state index is -0.825. The van der Waals surface area contributed by atoms with Gasteiger partial charge in [-0.05, 0) is 37.0 Å². The Labute approximate surface area is 135 Å². The highest BCUT2D eigenvalue weighted by Crippen LogP contribution is 2.56. The minimum absolute atomic E-state index is 0.136. The number of carboxylic acids is 1. The zero-order valence-electron chi connectivity index (χ0n) is 15.3. The number of carboxylic acid groups (broad SMARTS) is 1. The predicted molar refractivity (Wildman–Crippen MR) is 88.5 cm³/mol. The Balaban J connectivity index is 3.02. The van der Waals surface area contributed by atoms with Crippen LogP contribution in [0.25, 0.3) is 0 Å². The molecule has 1 aliphatic rings. The summed E-state index contributed by atoms with van der Waals surface area (Å²) >= 11 is 0. The molecule has 0 spiro atoms. The van der Waals surface area contributed by atoms with Crippen LogP contribution in [0.15, 0.2) is 0 Å². The lowest BCUT2D eigenvalue weighted by atomic mass is 9.65. The van der Waals surface area contributed by atoms with Crippen LogP contribution in [0, 0.1) is 28.6 Å². The van der Waals surface area contributed by atoms with Gasteiger partial charge >= 0.3 is 5.97 Å². The normalized spacial score (nSPS) is 27.4. The summed E-state index contributed by atoms with van der Waals surface area (Å²) in [4.78, 5) is 26.7. The first kappa shape index (κ1) is 19.0. The lowest BCUT2D eigenvalue weighted by molar-refractivity contribution is -0.156. The Kier molecular flexibility index (Phi) is 5.69. The van der Waals surface area contributed by atoms with Crippen molar-refractivity contribution in [3.05, 3.63) is 0 Å². The van der Waals surface area contributed by atoms with Gasteiger partial charge in [0, 0.05) is 19.0 Å². The molecule has 1 rings (SSSR count). The standard InChI is InChI=1S/C18H33NO3/c1-12(2)10-19(11-13(3)4)15(20)14-8-9-18(7,16(21)22)17(14,5)6/h12-14H,8-11H2,1-7H3,(H,21,22). The Bertz CT molecular complexity index is 418. The number of aliphatic carboxylic acids is 1. The van der Waals surface area contributed by atoms with E-state index in [1.54, 1.807) is 6.92 Å². The van der Waals surface area contributed by atoms with Crippen molar-refractivity contribution in [2.24, 2.45) is 28.6 Å². The van der Waals surface area contributed by atoms with Crippen LogP contribution >= 0.6 is 0 Å². The zero-order valence-corrected chi connectivity index (χ0v) is 15.3. The Morgan fingerprint density at radius 3 is 1.86 bits per heavy atom. The van der Waals surface area contributed by atoms with Gasteiger partial charge in [0.05, 0.1) is 5.41 Å². The van der Waals surface area contributed by atoms with Crippen molar-refractivity contribution in [2.75, 3.05) is 13.1 Å². The van der Waals surface area contributed by atoms with E-state index < -0.39 is 16.8 Å². The second-order valence-corrected chi connectivity index (χ2v) is 8.48. The SMILES string of the molecule is CC(C)CN(CC(C)C)C(=O)C1CCC(C)(C(=O)O)C1(C)C. The summed E-state index contributed by atoms with van der Waals surface area (Å²) < 4.78 is 0. The molecule has 1 N–H and O–H groups in total. The molecule has 1 amide bonds. The van der Waals surface area contributed by atoms with Crippen LogP contribution in [0.1, 0.15) is 61.3 Å². The van der Waals surface area contributed by atoms with Gasteiger partial charge in [0.15, 0.2) is 0 Å². The van der Waals surface area contributed by atoms with E-state index in [0.717, 1.165) is 13.1 Å². The fourth-order valence-electron chi connectivity index (χ4n) is 3.67. The van der Waals surface area contributed by atoms with E-state index in [1.807, 2.05) is 18.7 Å². The molecule has 22 heavy (non-hydrogen) atoms. The van der Waals surface area contributed by atoms with Crippen LogP contribution in [-0.2, 0) is 9.59 Å². The molecule has 0 saturated heterocycles. The van der Waals surface area contributed by atoms with Crippen LogP contribution in [0.2, 0.25) is 0 Å². The van der Waals surface area contributed by atoms with E-state index in [0.29, 0.717) is 24.7 Å². The molecule has 0 heterocycles. The molecule has 0 aromatic heterocycles. The smallest absolute Gasteiger partial charge is 0.309 e. The first-order valence-corrected chi connectivity index (χ1v) is 8.45. The van der Waals surface area contributed by atoms with Gasteiger partial charge in [0.25, 0.3) is 0 Å². The average molecular weight is 311 g/mol. The largest absolute Gasteiger partial charge is 0.481 e. The van der Waals surface area contributed by atoms with E-state index in [1.165, 1.54) is 0 Å². The Morgan fingerprint density at radius 1 is 1.09 bits per heavy atom. The molecule has 1 aliphatic carbocycles. The summed E-state index contributed by atoms with van der Waals surface area (Å²) in [6.45, 7) is 15.6. The third-order valence-electron chi connectivity index (χ3n) is 5.48. The van der Waals surface area contributed by atoms with E-state index in [2.05, 4.69) is 27.7 Å². The first-order chi connectivity index (χ1) is 9.93. The molecule has 128 valence electrons. The quantitative estimate of drug-likeness (QED) is 0.814. The molecular formula is C18H33NO3. The second-order valence-electron chi connectivity index (χ2n) is 8.48. The van der Waals surface area contributed by atoms with Crippen molar-refractivity contribution in [3.8, 4) is 0 Å². The average Bonchev–Trinajstić information content (AvgIpc) is 2.59. The lowest BCUT2D eigenvalue weighted by Crippen LogP contribution is -2.48. The third-order valence-corrected chi connectivity index (χ3v) is 5.48. The van der Waals surface area contributed by atoms with Crippen molar-refractivity contribution in [1.29, 1.82) is 0 Å². The van der Waals surface area contributed by atoms with E-state index in [-0.39, 0.29) is 11.8 Å². The molecule has 4 nitrogen and oxygen atoms in total. The van der Waals surface area contributed by atoms with Gasteiger partial charge in [-0.1, -0.05) is 41.5 Å². The highest BCUT2D eigenvalue weighted by Gasteiger charge is 2.58. The number of hydrogen-bond donors (Lipinski definition) is 1. The minimum Gasteiger partial charge on any atom is -0.481 e. The molecule has 0 aromatic carbocycles. The summed E-state index contributed by atoms with van der Waals surface area (Å²) in [6, 6.07) is 0. The number of carbonyl (C=O) groups excluding carboxylic acids is 1. The summed E-state index contributed by atoms with van der Waals surface area (Å²) in [5.74, 6) is -0.0216. The third kappa shape index (κ3) is 3.47. The van der Waals surface area contributed by atoms with Gasteiger partial charge in [0.2, 0.25) is 5.91 Å². The van der Waals surface area contributed by atoms with Crippen molar-refractivity contribution in [2.45, 2.75) is 61.3 Å². The lowest BCUT2D eigenvalue weighted by Gasteiger charge is -2.40. The van der Waals surface area contributed by atoms with E-state index in [4.69, 9.17) is 0 Å². The van der Waals surface area contributed by atoms with Crippen molar-refractivity contribution >= 4 is 11.9 Å². The van der Waals surface area contributed by atoms with Crippen molar-refractivity contribution in [3.63, 3.8) is 0 Å². The van der Waals surface area contributed by atoms with Crippen LogP contribution in [0.3, 0.4) is 0 Å². The summed E-state index contributed by atoms with van der Waals surface area (Å²) in [5.41, 5.74) is -1.35. The molecule has 2 atom stereocenters. The Morgan fingerprint density at radius 2 is 1.55 bits per heavy atom. The highest BCUT2D eigenvalue weighted by molar-refractivity contribution is 5.84. The van der Waals surface area contributed by atoms with Crippen molar-refractivity contribution in [1.82, 2.24) is 4.90 Å². The number of nitrogens with zero attached hydrogens (tertiary/aromatic N) is 1. The number of amides is 1. The molecule has 1 saturated carbocycles. The van der Waals surface area contributed by atoms with E-state index in [9.17, 15) is 14.7 Å². The van der Waals surface area contributed by atoms with Gasteiger partial charge < -0.3 is 10.0 Å². The monoisotopic (exact) mass is 311 g/mol. The summed E-state index contributed by atoms with van der Waals surface area (Å²) in [7, 11) is 0. The molecule has 0 bridgehead atoms. The zero-order chi connectivity index (χ0) is 17.3. The number of rotatable bonds is 6. The molecule has 2 unspecified atom stereocenters. The molecule has 0 aliphatic heterocycles. The maximum absolute atomic E-state index is 13.1. The van der Waals surface area contributed by atoms with E-state index >= 15 is 0 Å². The number of hydrogen-bond acceptors (Lipinski definition) is 2. The summed E-state index contributed by atoms with van der Waals surface area (Å²) in [5, 5.41) is 9.61. The molecule has 4 heteroatoms. The van der Waals surface area contributed by atoms with Crippen LogP contribution < -0.4 is 0 Å². The van der Waals surface area contributed by atoms with Gasteiger partial charge in [-0.25, -0.2) is 0 Å². The molecular weight excluding hydrogens is 278 g/mol. The fourth-order valence-corrected chi connectivity index (χ4v) is 3.67. The van der Waals surface area contributed by atoms with Crippen LogP contribution in [-0.4, -0.2) is 35.0 Å². The first-order valence-electron chi connectivity index (χ1n) is 8.45. The van der Waals surface area contributed by atoms with Crippen LogP contribution in [0.5, 0.6) is 0 Å². The number of carbonyl (C=O) groups is 2. The predicted octanol–water partition coefficient (Wildman–Crippen LogP) is 3.65. The van der Waals surface area contributed by atoms with Gasteiger partial charge in [-0.3, -0.25) is 9.59 Å².